The summed E-state index contributed by atoms with van der Waals surface area (Å²) in [4.78, 5) is 14.3. The first kappa shape index (κ1) is 14.1. The molecule has 1 aliphatic carbocycles. The van der Waals surface area contributed by atoms with Crippen LogP contribution < -0.4 is 4.90 Å². The van der Waals surface area contributed by atoms with Gasteiger partial charge in [0.25, 0.3) is 0 Å². The van der Waals surface area contributed by atoms with Gasteiger partial charge in [-0.15, -0.1) is 0 Å². The number of aryl methyl sites for hydroxylation is 2. The molecular formula is C17H25NO. The Morgan fingerprint density at radius 1 is 1.21 bits per heavy atom. The minimum Gasteiger partial charge on any atom is -0.374 e. The van der Waals surface area contributed by atoms with Gasteiger partial charge in [0, 0.05) is 31.6 Å². The van der Waals surface area contributed by atoms with Crippen molar-refractivity contribution in [2.24, 2.45) is 11.8 Å². The lowest BCUT2D eigenvalue weighted by atomic mass is 9.81. The van der Waals surface area contributed by atoms with E-state index >= 15 is 0 Å². The van der Waals surface area contributed by atoms with E-state index in [9.17, 15) is 4.79 Å². The molecule has 0 saturated heterocycles. The van der Waals surface area contributed by atoms with E-state index in [1.165, 1.54) is 16.8 Å². The van der Waals surface area contributed by atoms with E-state index in [0.717, 1.165) is 25.8 Å². The fraction of sp³-hybridized carbons (Fsp3) is 0.588. The van der Waals surface area contributed by atoms with Crippen LogP contribution in [0.25, 0.3) is 0 Å². The SMILES string of the molecule is Cc1cc(C)cc(N(C)CC2CC(C)CCC2=O)c1. The van der Waals surface area contributed by atoms with Crippen LogP contribution in [0.3, 0.4) is 0 Å². The van der Waals surface area contributed by atoms with Crippen LogP contribution in [0, 0.1) is 25.7 Å². The van der Waals surface area contributed by atoms with Crippen molar-refractivity contribution >= 4 is 11.5 Å². The highest BCUT2D eigenvalue weighted by Crippen LogP contribution is 2.28. The van der Waals surface area contributed by atoms with Gasteiger partial charge in [-0.1, -0.05) is 13.0 Å². The summed E-state index contributed by atoms with van der Waals surface area (Å²) in [6.07, 6.45) is 2.89. The summed E-state index contributed by atoms with van der Waals surface area (Å²) in [6, 6.07) is 6.58. The molecule has 1 aliphatic rings. The predicted molar refractivity (Wildman–Crippen MR) is 80.7 cm³/mol. The van der Waals surface area contributed by atoms with Gasteiger partial charge in [-0.05, 0) is 55.9 Å². The van der Waals surface area contributed by atoms with Crippen LogP contribution in [-0.4, -0.2) is 19.4 Å². The zero-order chi connectivity index (χ0) is 14.0. The van der Waals surface area contributed by atoms with E-state index < -0.39 is 0 Å². The summed E-state index contributed by atoms with van der Waals surface area (Å²) in [5.41, 5.74) is 3.79. The van der Waals surface area contributed by atoms with Crippen molar-refractivity contribution in [2.45, 2.75) is 40.0 Å². The van der Waals surface area contributed by atoms with Crippen LogP contribution in [0.5, 0.6) is 0 Å². The molecule has 1 fully saturated rings. The molecule has 0 spiro atoms. The summed E-state index contributed by atoms with van der Waals surface area (Å²) in [5, 5.41) is 0. The van der Waals surface area contributed by atoms with Crippen LogP contribution in [0.2, 0.25) is 0 Å². The second-order valence-corrected chi connectivity index (χ2v) is 6.27. The number of ketones is 1. The Hall–Kier alpha value is -1.31. The highest BCUT2D eigenvalue weighted by Gasteiger charge is 2.27. The standard InChI is InChI=1S/C17H25NO/c1-12-5-6-17(19)15(8-12)11-18(4)16-9-13(2)7-14(3)10-16/h7,9-10,12,15H,5-6,8,11H2,1-4H3. The summed E-state index contributed by atoms with van der Waals surface area (Å²) < 4.78 is 0. The van der Waals surface area contributed by atoms with Gasteiger partial charge in [0.2, 0.25) is 0 Å². The van der Waals surface area contributed by atoms with Crippen molar-refractivity contribution in [1.82, 2.24) is 0 Å². The Kier molecular flexibility index (Phi) is 4.28. The van der Waals surface area contributed by atoms with Gasteiger partial charge >= 0.3 is 0 Å². The molecule has 0 aliphatic heterocycles. The molecule has 1 aromatic carbocycles. The molecule has 2 atom stereocenters. The number of hydrogen-bond acceptors (Lipinski definition) is 2. The van der Waals surface area contributed by atoms with E-state index in [4.69, 9.17) is 0 Å². The fourth-order valence-electron chi connectivity index (χ4n) is 3.11. The number of hydrogen-bond donors (Lipinski definition) is 0. The highest BCUT2D eigenvalue weighted by molar-refractivity contribution is 5.82. The third-order valence-corrected chi connectivity index (χ3v) is 4.17. The monoisotopic (exact) mass is 259 g/mol. The van der Waals surface area contributed by atoms with Gasteiger partial charge in [0.1, 0.15) is 5.78 Å². The minimum absolute atomic E-state index is 0.217. The molecule has 2 rings (SSSR count). The normalized spacial score (nSPS) is 23.5. The van der Waals surface area contributed by atoms with Crippen LogP contribution in [0.4, 0.5) is 5.69 Å². The number of nitrogens with zero attached hydrogens (tertiary/aromatic N) is 1. The molecule has 0 heterocycles. The number of Topliss-reactive ketones (excluding diaryl/α,β-unsaturated/α-hetero) is 1. The fourth-order valence-corrected chi connectivity index (χ4v) is 3.11. The maximum absolute atomic E-state index is 12.0. The van der Waals surface area contributed by atoms with Gasteiger partial charge < -0.3 is 4.90 Å². The quantitative estimate of drug-likeness (QED) is 0.824. The molecule has 2 nitrogen and oxygen atoms in total. The van der Waals surface area contributed by atoms with E-state index in [-0.39, 0.29) is 5.92 Å². The topological polar surface area (TPSA) is 20.3 Å². The largest absolute Gasteiger partial charge is 0.374 e. The lowest BCUT2D eigenvalue weighted by Crippen LogP contribution is -2.34. The molecule has 0 N–H and O–H groups in total. The van der Waals surface area contributed by atoms with Gasteiger partial charge in [-0.25, -0.2) is 0 Å². The Balaban J connectivity index is 2.07. The highest BCUT2D eigenvalue weighted by atomic mass is 16.1. The minimum atomic E-state index is 0.217. The Morgan fingerprint density at radius 3 is 2.47 bits per heavy atom. The molecule has 104 valence electrons. The summed E-state index contributed by atoms with van der Waals surface area (Å²) in [7, 11) is 2.10. The molecule has 2 unspecified atom stereocenters. The molecular weight excluding hydrogens is 234 g/mol. The second kappa shape index (κ2) is 5.77. The lowest BCUT2D eigenvalue weighted by Gasteiger charge is -2.30. The Bertz CT molecular complexity index is 446. The molecule has 0 aromatic heterocycles. The molecule has 1 saturated carbocycles. The van der Waals surface area contributed by atoms with E-state index in [0.29, 0.717) is 11.7 Å². The van der Waals surface area contributed by atoms with Crippen molar-refractivity contribution in [1.29, 1.82) is 0 Å². The Labute approximate surface area is 116 Å². The number of benzene rings is 1. The van der Waals surface area contributed by atoms with Gasteiger partial charge in [-0.2, -0.15) is 0 Å². The molecule has 0 bridgehead atoms. The first-order chi connectivity index (χ1) is 8.95. The van der Waals surface area contributed by atoms with Crippen molar-refractivity contribution in [3.63, 3.8) is 0 Å². The lowest BCUT2D eigenvalue weighted by molar-refractivity contribution is -0.125. The average molecular weight is 259 g/mol. The van der Waals surface area contributed by atoms with Crippen LogP contribution >= 0.6 is 0 Å². The number of carbonyl (C=O) groups excluding carboxylic acids is 1. The van der Waals surface area contributed by atoms with E-state index in [1.807, 2.05) is 0 Å². The van der Waals surface area contributed by atoms with Crippen LogP contribution in [0.15, 0.2) is 18.2 Å². The molecule has 2 heteroatoms. The first-order valence-corrected chi connectivity index (χ1v) is 7.28. The molecule has 0 amide bonds. The van der Waals surface area contributed by atoms with Crippen molar-refractivity contribution in [3.05, 3.63) is 29.3 Å². The van der Waals surface area contributed by atoms with Crippen LogP contribution in [-0.2, 0) is 4.79 Å². The van der Waals surface area contributed by atoms with Crippen molar-refractivity contribution < 1.29 is 4.79 Å². The summed E-state index contributed by atoms with van der Waals surface area (Å²) in [6.45, 7) is 7.36. The molecule has 1 aromatic rings. The molecule has 0 radical (unpaired) electrons. The van der Waals surface area contributed by atoms with Crippen molar-refractivity contribution in [2.75, 3.05) is 18.5 Å². The third kappa shape index (κ3) is 3.59. The zero-order valence-corrected chi connectivity index (χ0v) is 12.6. The maximum Gasteiger partial charge on any atom is 0.137 e. The second-order valence-electron chi connectivity index (χ2n) is 6.27. The van der Waals surface area contributed by atoms with Crippen LogP contribution in [0.1, 0.15) is 37.3 Å². The van der Waals surface area contributed by atoms with Gasteiger partial charge in [0.05, 0.1) is 0 Å². The maximum atomic E-state index is 12.0. The number of carbonyl (C=O) groups is 1. The zero-order valence-electron chi connectivity index (χ0n) is 12.6. The Morgan fingerprint density at radius 2 is 1.84 bits per heavy atom. The first-order valence-electron chi connectivity index (χ1n) is 7.28. The van der Waals surface area contributed by atoms with Gasteiger partial charge in [-0.3, -0.25) is 4.79 Å². The molecule has 19 heavy (non-hydrogen) atoms. The number of anilines is 1. The van der Waals surface area contributed by atoms with E-state index in [1.54, 1.807) is 0 Å². The predicted octanol–water partition coefficient (Wildman–Crippen LogP) is 3.74. The summed E-state index contributed by atoms with van der Waals surface area (Å²) in [5.74, 6) is 1.36. The number of rotatable bonds is 3. The summed E-state index contributed by atoms with van der Waals surface area (Å²) >= 11 is 0. The average Bonchev–Trinajstić information content (AvgIpc) is 2.32. The smallest absolute Gasteiger partial charge is 0.137 e. The van der Waals surface area contributed by atoms with Crippen molar-refractivity contribution in [3.8, 4) is 0 Å². The van der Waals surface area contributed by atoms with Gasteiger partial charge in [0.15, 0.2) is 0 Å². The van der Waals surface area contributed by atoms with E-state index in [2.05, 4.69) is 50.9 Å². The third-order valence-electron chi connectivity index (χ3n) is 4.17.